The molecule has 0 aliphatic heterocycles. The van der Waals surface area contributed by atoms with Crippen molar-refractivity contribution in [3.05, 3.63) is 17.0 Å². The van der Waals surface area contributed by atoms with Gasteiger partial charge >= 0.3 is 5.97 Å². The highest BCUT2D eigenvalue weighted by Crippen LogP contribution is 2.22. The first-order chi connectivity index (χ1) is 8.63. The maximum atomic E-state index is 11.6. The Morgan fingerprint density at radius 1 is 1.22 bits per heavy atom. The van der Waals surface area contributed by atoms with E-state index in [4.69, 9.17) is 5.11 Å². The summed E-state index contributed by atoms with van der Waals surface area (Å²) < 4.78 is 0. The van der Waals surface area contributed by atoms with E-state index in [9.17, 15) is 9.59 Å². The van der Waals surface area contributed by atoms with Gasteiger partial charge < -0.3 is 10.4 Å². The Morgan fingerprint density at radius 2 is 1.94 bits per heavy atom. The summed E-state index contributed by atoms with van der Waals surface area (Å²) >= 11 is 1.09. The molecule has 1 amide bonds. The fourth-order valence-electron chi connectivity index (χ4n) is 1.61. The summed E-state index contributed by atoms with van der Waals surface area (Å²) in [5.41, 5.74) is 0. The quantitative estimate of drug-likeness (QED) is 0.706. The molecule has 18 heavy (non-hydrogen) atoms. The number of thiophene rings is 1. The molecule has 1 rings (SSSR count). The van der Waals surface area contributed by atoms with Gasteiger partial charge in [-0.2, -0.15) is 0 Å². The number of amides is 1. The Kier molecular flexibility index (Phi) is 6.43. The predicted molar refractivity (Wildman–Crippen MR) is 73.3 cm³/mol. The van der Waals surface area contributed by atoms with Crippen LogP contribution in [-0.4, -0.2) is 17.0 Å². The van der Waals surface area contributed by atoms with Crippen molar-refractivity contribution in [3.63, 3.8) is 0 Å². The van der Waals surface area contributed by atoms with Crippen molar-refractivity contribution in [2.75, 3.05) is 5.32 Å². The third kappa shape index (κ3) is 5.31. The zero-order valence-electron chi connectivity index (χ0n) is 10.6. The molecule has 0 aromatic carbocycles. The number of carbonyl (C=O) groups excluding carboxylic acids is 1. The van der Waals surface area contributed by atoms with E-state index in [1.807, 2.05) is 0 Å². The van der Waals surface area contributed by atoms with Crippen LogP contribution < -0.4 is 5.32 Å². The lowest BCUT2D eigenvalue weighted by atomic mass is 10.1. The molecule has 0 atom stereocenters. The Labute approximate surface area is 111 Å². The second-order valence-electron chi connectivity index (χ2n) is 4.18. The van der Waals surface area contributed by atoms with Crippen LogP contribution in [-0.2, 0) is 4.79 Å². The van der Waals surface area contributed by atoms with E-state index in [1.54, 1.807) is 6.07 Å². The molecule has 0 aliphatic rings. The molecule has 1 aromatic heterocycles. The highest BCUT2D eigenvalue weighted by Gasteiger charge is 2.08. The van der Waals surface area contributed by atoms with Gasteiger partial charge in [0.05, 0.1) is 5.00 Å². The number of hydrogen-bond donors (Lipinski definition) is 2. The molecule has 0 saturated carbocycles. The van der Waals surface area contributed by atoms with Crippen LogP contribution in [0.2, 0.25) is 0 Å². The van der Waals surface area contributed by atoms with Crippen LogP contribution in [0.5, 0.6) is 0 Å². The van der Waals surface area contributed by atoms with Crippen molar-refractivity contribution in [1.29, 1.82) is 0 Å². The molecule has 5 heteroatoms. The van der Waals surface area contributed by atoms with Crippen LogP contribution in [0.3, 0.4) is 0 Å². The van der Waals surface area contributed by atoms with Crippen molar-refractivity contribution < 1.29 is 14.7 Å². The third-order valence-electron chi connectivity index (χ3n) is 2.59. The van der Waals surface area contributed by atoms with Crippen molar-refractivity contribution in [1.82, 2.24) is 0 Å². The number of carbonyl (C=O) groups is 2. The van der Waals surface area contributed by atoms with Crippen LogP contribution in [0.25, 0.3) is 0 Å². The van der Waals surface area contributed by atoms with Crippen molar-refractivity contribution in [2.24, 2.45) is 0 Å². The van der Waals surface area contributed by atoms with E-state index in [2.05, 4.69) is 12.2 Å². The Hall–Kier alpha value is -1.36. The SMILES string of the molecule is CCCCCCCC(=O)Nc1ccc(C(=O)O)s1. The summed E-state index contributed by atoms with van der Waals surface area (Å²) in [5, 5.41) is 12.1. The normalized spacial score (nSPS) is 10.3. The van der Waals surface area contributed by atoms with E-state index < -0.39 is 5.97 Å². The minimum absolute atomic E-state index is 0.0368. The topological polar surface area (TPSA) is 66.4 Å². The number of aromatic carboxylic acids is 1. The number of nitrogens with one attached hydrogen (secondary N) is 1. The lowest BCUT2D eigenvalue weighted by Crippen LogP contribution is -2.09. The summed E-state index contributed by atoms with van der Waals surface area (Å²) in [6, 6.07) is 3.13. The van der Waals surface area contributed by atoms with Gasteiger partial charge in [-0.15, -0.1) is 11.3 Å². The molecule has 100 valence electrons. The number of rotatable bonds is 8. The average Bonchev–Trinajstić information content (AvgIpc) is 2.77. The van der Waals surface area contributed by atoms with Gasteiger partial charge in [-0.3, -0.25) is 4.79 Å². The molecule has 0 bridgehead atoms. The highest BCUT2D eigenvalue weighted by atomic mass is 32.1. The monoisotopic (exact) mass is 269 g/mol. The van der Waals surface area contributed by atoms with E-state index in [1.165, 1.54) is 25.3 Å². The summed E-state index contributed by atoms with van der Waals surface area (Å²) in [6.45, 7) is 2.16. The minimum atomic E-state index is -0.958. The van der Waals surface area contributed by atoms with Crippen LogP contribution in [0.15, 0.2) is 12.1 Å². The Bertz CT molecular complexity index is 401. The van der Waals surface area contributed by atoms with Crippen LogP contribution in [0, 0.1) is 0 Å². The van der Waals surface area contributed by atoms with Crippen LogP contribution in [0.4, 0.5) is 5.00 Å². The van der Waals surface area contributed by atoms with Crippen LogP contribution in [0.1, 0.15) is 55.1 Å². The zero-order valence-corrected chi connectivity index (χ0v) is 11.4. The van der Waals surface area contributed by atoms with Crippen molar-refractivity contribution >= 4 is 28.2 Å². The fourth-order valence-corrected chi connectivity index (χ4v) is 2.37. The second kappa shape index (κ2) is 7.87. The summed E-state index contributed by atoms with van der Waals surface area (Å²) in [7, 11) is 0. The first-order valence-corrected chi connectivity index (χ1v) is 7.08. The molecule has 2 N–H and O–H groups in total. The molecule has 0 unspecified atom stereocenters. The largest absolute Gasteiger partial charge is 0.477 e. The molecule has 1 heterocycles. The lowest BCUT2D eigenvalue weighted by Gasteiger charge is -2.02. The molecule has 4 nitrogen and oxygen atoms in total. The number of carboxylic acids is 1. The van der Waals surface area contributed by atoms with Gasteiger partial charge in [0.1, 0.15) is 4.88 Å². The number of hydrogen-bond acceptors (Lipinski definition) is 3. The highest BCUT2D eigenvalue weighted by molar-refractivity contribution is 7.18. The van der Waals surface area contributed by atoms with E-state index in [-0.39, 0.29) is 10.8 Å². The maximum Gasteiger partial charge on any atom is 0.345 e. The van der Waals surface area contributed by atoms with Crippen molar-refractivity contribution in [3.8, 4) is 0 Å². The lowest BCUT2D eigenvalue weighted by molar-refractivity contribution is -0.116. The molecule has 0 spiro atoms. The van der Waals surface area contributed by atoms with Gasteiger partial charge in [-0.1, -0.05) is 32.6 Å². The number of anilines is 1. The first kappa shape index (κ1) is 14.7. The molecule has 1 aromatic rings. The Morgan fingerprint density at radius 3 is 2.56 bits per heavy atom. The fraction of sp³-hybridized carbons (Fsp3) is 0.538. The van der Waals surface area contributed by atoms with Gasteiger partial charge in [0.15, 0.2) is 0 Å². The maximum absolute atomic E-state index is 11.6. The number of carboxylic acid groups (broad SMARTS) is 1. The summed E-state index contributed by atoms with van der Waals surface area (Å²) in [4.78, 5) is 22.5. The van der Waals surface area contributed by atoms with E-state index in [0.717, 1.165) is 24.2 Å². The van der Waals surface area contributed by atoms with Crippen molar-refractivity contribution in [2.45, 2.75) is 45.4 Å². The summed E-state index contributed by atoms with van der Waals surface area (Å²) in [5.74, 6) is -0.995. The smallest absolute Gasteiger partial charge is 0.345 e. The molecule has 0 aliphatic carbocycles. The first-order valence-electron chi connectivity index (χ1n) is 6.26. The standard InChI is InChI=1S/C13H19NO3S/c1-2-3-4-5-6-7-11(15)14-12-9-8-10(18-12)13(16)17/h8-9H,2-7H2,1H3,(H,14,15)(H,16,17). The summed E-state index contributed by atoms with van der Waals surface area (Å²) in [6.07, 6.45) is 6.05. The average molecular weight is 269 g/mol. The minimum Gasteiger partial charge on any atom is -0.477 e. The van der Waals surface area contributed by atoms with E-state index in [0.29, 0.717) is 11.4 Å². The zero-order chi connectivity index (χ0) is 13.4. The Balaban J connectivity index is 2.24. The number of unbranched alkanes of at least 4 members (excludes halogenated alkanes) is 4. The van der Waals surface area contributed by atoms with E-state index >= 15 is 0 Å². The van der Waals surface area contributed by atoms with Gasteiger partial charge in [0.25, 0.3) is 0 Å². The van der Waals surface area contributed by atoms with Crippen LogP contribution >= 0.6 is 11.3 Å². The molecular weight excluding hydrogens is 250 g/mol. The molecule has 0 fully saturated rings. The van der Waals surface area contributed by atoms with Gasteiger partial charge in [-0.05, 0) is 18.6 Å². The molecule has 0 radical (unpaired) electrons. The van der Waals surface area contributed by atoms with Gasteiger partial charge in [0, 0.05) is 6.42 Å². The third-order valence-corrected chi connectivity index (χ3v) is 3.58. The van der Waals surface area contributed by atoms with Gasteiger partial charge in [0.2, 0.25) is 5.91 Å². The van der Waals surface area contributed by atoms with Gasteiger partial charge in [-0.25, -0.2) is 4.79 Å². The predicted octanol–water partition coefficient (Wildman–Crippen LogP) is 3.75. The molecular formula is C13H19NO3S. The molecule has 0 saturated heterocycles. The second-order valence-corrected chi connectivity index (χ2v) is 5.27.